The van der Waals surface area contributed by atoms with E-state index in [0.717, 1.165) is 17.7 Å². The molecule has 0 spiro atoms. The zero-order valence-electron chi connectivity index (χ0n) is 12.8. The summed E-state index contributed by atoms with van der Waals surface area (Å²) in [6.07, 6.45) is 1.68. The van der Waals surface area contributed by atoms with Gasteiger partial charge in [0.2, 0.25) is 5.91 Å². The number of hydrogen-bond acceptors (Lipinski definition) is 4. The number of piperidine rings is 1. The van der Waals surface area contributed by atoms with Crippen molar-refractivity contribution in [1.82, 2.24) is 15.5 Å². The molecule has 2 rings (SSSR count). The van der Waals surface area contributed by atoms with Crippen molar-refractivity contribution in [2.75, 3.05) is 33.4 Å². The molecule has 1 unspecified atom stereocenters. The number of rotatable bonds is 6. The lowest BCUT2D eigenvalue weighted by Gasteiger charge is -2.32. The van der Waals surface area contributed by atoms with Crippen LogP contribution in [0.1, 0.15) is 17.7 Å². The fourth-order valence-electron chi connectivity index (χ4n) is 2.48. The molecule has 1 aromatic heterocycles. The van der Waals surface area contributed by atoms with Crippen molar-refractivity contribution >= 4 is 23.3 Å². The number of amides is 3. The van der Waals surface area contributed by atoms with Crippen LogP contribution >= 0.6 is 11.3 Å². The van der Waals surface area contributed by atoms with Gasteiger partial charge in [-0.25, -0.2) is 4.79 Å². The van der Waals surface area contributed by atoms with Crippen LogP contribution in [0.4, 0.5) is 4.79 Å². The molecular formula is C15H23N3O3S. The molecule has 1 aliphatic rings. The van der Waals surface area contributed by atoms with E-state index >= 15 is 0 Å². The third-order valence-corrected chi connectivity index (χ3v) is 4.56. The van der Waals surface area contributed by atoms with Gasteiger partial charge >= 0.3 is 6.03 Å². The Morgan fingerprint density at radius 1 is 1.45 bits per heavy atom. The average molecular weight is 325 g/mol. The van der Waals surface area contributed by atoms with Crippen molar-refractivity contribution in [3.63, 3.8) is 0 Å². The molecule has 0 aliphatic carbocycles. The number of nitrogens with one attached hydrogen (secondary N) is 2. The Bertz CT molecular complexity index is 478. The van der Waals surface area contributed by atoms with Gasteiger partial charge < -0.3 is 20.3 Å². The monoisotopic (exact) mass is 325 g/mol. The minimum absolute atomic E-state index is 0.00723. The van der Waals surface area contributed by atoms with E-state index in [0.29, 0.717) is 32.8 Å². The molecule has 0 saturated carbocycles. The van der Waals surface area contributed by atoms with Crippen LogP contribution in [0.2, 0.25) is 0 Å². The molecule has 1 fully saturated rings. The van der Waals surface area contributed by atoms with Gasteiger partial charge in [0.1, 0.15) is 0 Å². The summed E-state index contributed by atoms with van der Waals surface area (Å²) >= 11 is 1.62. The number of thiophene rings is 1. The normalized spacial score (nSPS) is 18.0. The predicted molar refractivity (Wildman–Crippen MR) is 85.7 cm³/mol. The van der Waals surface area contributed by atoms with Crippen LogP contribution in [0, 0.1) is 5.92 Å². The summed E-state index contributed by atoms with van der Waals surface area (Å²) in [7, 11) is 1.60. The maximum atomic E-state index is 12.2. The minimum Gasteiger partial charge on any atom is -0.383 e. The maximum Gasteiger partial charge on any atom is 0.317 e. The Labute approximate surface area is 134 Å². The average Bonchev–Trinajstić information content (AvgIpc) is 3.06. The zero-order chi connectivity index (χ0) is 15.8. The first-order valence-corrected chi connectivity index (χ1v) is 8.40. The smallest absolute Gasteiger partial charge is 0.317 e. The minimum atomic E-state index is -0.127. The van der Waals surface area contributed by atoms with Crippen LogP contribution < -0.4 is 10.6 Å². The van der Waals surface area contributed by atoms with Crippen LogP contribution in [0.5, 0.6) is 0 Å². The van der Waals surface area contributed by atoms with Gasteiger partial charge in [0.05, 0.1) is 19.1 Å². The van der Waals surface area contributed by atoms with Crippen molar-refractivity contribution < 1.29 is 14.3 Å². The van der Waals surface area contributed by atoms with Crippen molar-refractivity contribution in [2.24, 2.45) is 5.92 Å². The first-order valence-electron chi connectivity index (χ1n) is 7.52. The van der Waals surface area contributed by atoms with Gasteiger partial charge in [0.25, 0.3) is 0 Å². The van der Waals surface area contributed by atoms with Crippen LogP contribution in [0.3, 0.4) is 0 Å². The highest BCUT2D eigenvalue weighted by Crippen LogP contribution is 2.17. The lowest BCUT2D eigenvalue weighted by Crippen LogP contribution is -2.49. The zero-order valence-corrected chi connectivity index (χ0v) is 13.7. The summed E-state index contributed by atoms with van der Waals surface area (Å²) in [5.41, 5.74) is 0. The quantitative estimate of drug-likeness (QED) is 0.777. The predicted octanol–water partition coefficient (Wildman–Crippen LogP) is 1.43. The highest BCUT2D eigenvalue weighted by atomic mass is 32.1. The van der Waals surface area contributed by atoms with Gasteiger partial charge in [-0.05, 0) is 24.3 Å². The van der Waals surface area contributed by atoms with Gasteiger partial charge in [0, 0.05) is 31.6 Å². The highest BCUT2D eigenvalue weighted by molar-refractivity contribution is 7.09. The molecule has 122 valence electrons. The number of carbonyl (C=O) groups is 2. The molecule has 1 aromatic rings. The van der Waals surface area contributed by atoms with E-state index in [2.05, 4.69) is 10.6 Å². The molecule has 1 atom stereocenters. The number of carbonyl (C=O) groups excluding carboxylic acids is 2. The fraction of sp³-hybridized carbons (Fsp3) is 0.600. The molecule has 7 heteroatoms. The molecule has 6 nitrogen and oxygen atoms in total. The van der Waals surface area contributed by atoms with E-state index in [1.54, 1.807) is 23.3 Å². The summed E-state index contributed by atoms with van der Waals surface area (Å²) in [6, 6.07) is 3.86. The van der Waals surface area contributed by atoms with E-state index in [1.807, 2.05) is 17.5 Å². The Balaban J connectivity index is 1.76. The van der Waals surface area contributed by atoms with Crippen molar-refractivity contribution in [3.05, 3.63) is 22.4 Å². The lowest BCUT2D eigenvalue weighted by molar-refractivity contribution is -0.126. The Hall–Kier alpha value is -1.60. The largest absolute Gasteiger partial charge is 0.383 e. The Kier molecular flexibility index (Phi) is 6.67. The number of ether oxygens (including phenoxy) is 1. The number of urea groups is 1. The molecular weight excluding hydrogens is 302 g/mol. The molecule has 22 heavy (non-hydrogen) atoms. The van der Waals surface area contributed by atoms with Crippen LogP contribution in [0.15, 0.2) is 17.5 Å². The summed E-state index contributed by atoms with van der Waals surface area (Å²) < 4.78 is 4.92. The summed E-state index contributed by atoms with van der Waals surface area (Å²) in [5, 5.41) is 7.75. The lowest BCUT2D eigenvalue weighted by atomic mass is 9.97. The van der Waals surface area contributed by atoms with Gasteiger partial charge in [-0.2, -0.15) is 0 Å². The summed E-state index contributed by atoms with van der Waals surface area (Å²) in [5.74, 6) is -0.120. The number of likely N-dealkylation sites (tertiary alicyclic amines) is 1. The molecule has 1 saturated heterocycles. The van der Waals surface area contributed by atoms with E-state index in [4.69, 9.17) is 4.74 Å². The summed E-state index contributed by atoms with van der Waals surface area (Å²) in [6.45, 7) is 2.74. The SMILES string of the molecule is COCCNC(=O)C1CCCN(C(=O)NCc2cccs2)C1. The van der Waals surface area contributed by atoms with Crippen molar-refractivity contribution in [2.45, 2.75) is 19.4 Å². The second-order valence-electron chi connectivity index (χ2n) is 5.31. The number of nitrogens with zero attached hydrogens (tertiary/aromatic N) is 1. The Morgan fingerprint density at radius 2 is 2.32 bits per heavy atom. The first-order chi connectivity index (χ1) is 10.7. The molecule has 2 heterocycles. The molecule has 3 amide bonds. The topological polar surface area (TPSA) is 70.7 Å². The Morgan fingerprint density at radius 3 is 3.05 bits per heavy atom. The third-order valence-electron chi connectivity index (χ3n) is 3.68. The van der Waals surface area contributed by atoms with Gasteiger partial charge in [-0.1, -0.05) is 6.07 Å². The second kappa shape index (κ2) is 8.75. The van der Waals surface area contributed by atoms with Crippen molar-refractivity contribution in [3.8, 4) is 0 Å². The summed E-state index contributed by atoms with van der Waals surface area (Å²) in [4.78, 5) is 27.1. The van der Waals surface area contributed by atoms with Gasteiger partial charge in [-0.3, -0.25) is 4.79 Å². The number of methoxy groups -OCH3 is 1. The molecule has 0 aromatic carbocycles. The van der Waals surface area contributed by atoms with E-state index in [1.165, 1.54) is 0 Å². The van der Waals surface area contributed by atoms with Crippen LogP contribution in [-0.2, 0) is 16.1 Å². The van der Waals surface area contributed by atoms with Crippen LogP contribution in [0.25, 0.3) is 0 Å². The highest BCUT2D eigenvalue weighted by Gasteiger charge is 2.28. The molecule has 0 bridgehead atoms. The standard InChI is InChI=1S/C15H23N3O3S/c1-21-8-6-16-14(19)12-4-2-7-18(11-12)15(20)17-10-13-5-3-9-22-13/h3,5,9,12H,2,4,6-8,10-11H2,1H3,(H,16,19)(H,17,20). The van der Waals surface area contributed by atoms with E-state index < -0.39 is 0 Å². The first kappa shape index (κ1) is 16.8. The second-order valence-corrected chi connectivity index (χ2v) is 6.34. The van der Waals surface area contributed by atoms with Crippen LogP contribution in [-0.4, -0.2) is 50.2 Å². The van der Waals surface area contributed by atoms with Crippen molar-refractivity contribution in [1.29, 1.82) is 0 Å². The van der Waals surface area contributed by atoms with E-state index in [-0.39, 0.29) is 17.9 Å². The fourth-order valence-corrected chi connectivity index (χ4v) is 3.13. The molecule has 0 radical (unpaired) electrons. The third kappa shape index (κ3) is 4.99. The maximum absolute atomic E-state index is 12.2. The van der Waals surface area contributed by atoms with Gasteiger partial charge in [0.15, 0.2) is 0 Å². The number of hydrogen-bond donors (Lipinski definition) is 2. The van der Waals surface area contributed by atoms with E-state index in [9.17, 15) is 9.59 Å². The molecule has 2 N–H and O–H groups in total. The molecule has 1 aliphatic heterocycles. The van der Waals surface area contributed by atoms with Gasteiger partial charge in [-0.15, -0.1) is 11.3 Å².